The second kappa shape index (κ2) is 14.4. The summed E-state index contributed by atoms with van der Waals surface area (Å²) in [5.74, 6) is -1.90. The first-order valence-electron chi connectivity index (χ1n) is 14.2. The quantitative estimate of drug-likeness (QED) is 0.164. The van der Waals surface area contributed by atoms with E-state index in [-0.39, 0.29) is 29.4 Å². The van der Waals surface area contributed by atoms with Gasteiger partial charge in [0.15, 0.2) is 0 Å². The first-order valence-corrected chi connectivity index (χ1v) is 14.2. The molecule has 9 heteroatoms. The van der Waals surface area contributed by atoms with E-state index in [4.69, 9.17) is 9.47 Å². The number of hydrogen-bond donors (Lipinski definition) is 1. The van der Waals surface area contributed by atoms with Crippen LogP contribution in [0.15, 0.2) is 107 Å². The van der Waals surface area contributed by atoms with Crippen molar-refractivity contribution in [2.24, 2.45) is 0 Å². The van der Waals surface area contributed by atoms with Gasteiger partial charge < -0.3 is 19.7 Å². The summed E-state index contributed by atoms with van der Waals surface area (Å²) < 4.78 is 10.8. The Balaban J connectivity index is 1.46. The smallest absolute Gasteiger partial charge is 0.336 e. The topological polar surface area (TPSA) is 111 Å². The molecule has 0 amide bonds. The third-order valence-corrected chi connectivity index (χ3v) is 7.71. The molecule has 0 radical (unpaired) electrons. The molecule has 43 heavy (non-hydrogen) atoms. The van der Waals surface area contributed by atoms with Crippen LogP contribution in [0.3, 0.4) is 0 Å². The van der Waals surface area contributed by atoms with E-state index in [1.807, 2.05) is 19.2 Å². The molecule has 1 aliphatic heterocycles. The summed E-state index contributed by atoms with van der Waals surface area (Å²) >= 11 is 0. The Kier molecular flexibility index (Phi) is 10.5. The first kappa shape index (κ1) is 31.2. The molecule has 4 rings (SSSR count). The van der Waals surface area contributed by atoms with E-state index in [0.29, 0.717) is 23.5 Å². The monoisotopic (exact) mass is 583 g/mol. The van der Waals surface area contributed by atoms with Crippen LogP contribution in [-0.2, 0) is 19.1 Å². The summed E-state index contributed by atoms with van der Waals surface area (Å²) in [5.41, 5.74) is 4.20. The molecule has 1 aliphatic rings. The van der Waals surface area contributed by atoms with Crippen LogP contribution in [0.4, 0.5) is 5.69 Å². The number of carbonyl (C=O) groups excluding carboxylic acids is 2. The third kappa shape index (κ3) is 7.55. The highest BCUT2D eigenvalue weighted by Crippen LogP contribution is 2.40. The summed E-state index contributed by atoms with van der Waals surface area (Å²) in [6.07, 6.45) is 0.883. The van der Waals surface area contributed by atoms with Gasteiger partial charge in [0.05, 0.1) is 29.1 Å². The largest absolute Gasteiger partial charge is 0.466 e. The van der Waals surface area contributed by atoms with Crippen LogP contribution in [0, 0.1) is 10.1 Å². The predicted octanol–water partition coefficient (Wildman–Crippen LogP) is 5.70. The van der Waals surface area contributed by atoms with Gasteiger partial charge in [-0.25, -0.2) is 9.59 Å². The second-order valence-electron chi connectivity index (χ2n) is 10.6. The fraction of sp³-hybridized carbons (Fsp3) is 0.294. The van der Waals surface area contributed by atoms with Crippen LogP contribution in [-0.4, -0.2) is 55.6 Å². The lowest BCUT2D eigenvalue weighted by Gasteiger charge is -2.30. The van der Waals surface area contributed by atoms with Crippen LogP contribution in [0.25, 0.3) is 0 Å². The molecule has 1 heterocycles. The van der Waals surface area contributed by atoms with E-state index >= 15 is 0 Å². The average molecular weight is 584 g/mol. The number of dihydropyridines is 1. The van der Waals surface area contributed by atoms with Crippen molar-refractivity contribution >= 4 is 17.6 Å². The molecule has 9 nitrogen and oxygen atoms in total. The Bertz CT molecular complexity index is 1480. The zero-order valence-electron chi connectivity index (χ0n) is 24.9. The highest BCUT2D eigenvalue weighted by Gasteiger charge is 2.38. The van der Waals surface area contributed by atoms with E-state index in [2.05, 4.69) is 58.7 Å². The van der Waals surface area contributed by atoms with Gasteiger partial charge in [0.25, 0.3) is 5.69 Å². The van der Waals surface area contributed by atoms with Gasteiger partial charge in [0, 0.05) is 36.0 Å². The highest BCUT2D eigenvalue weighted by molar-refractivity contribution is 5.99. The van der Waals surface area contributed by atoms with E-state index in [0.717, 1.165) is 13.0 Å². The molecule has 224 valence electrons. The van der Waals surface area contributed by atoms with Crippen LogP contribution < -0.4 is 5.32 Å². The normalized spacial score (nSPS) is 15.0. The Hall–Kier alpha value is -4.76. The minimum Gasteiger partial charge on any atom is -0.466 e. The van der Waals surface area contributed by atoms with Crippen molar-refractivity contribution in [2.75, 3.05) is 33.9 Å². The minimum absolute atomic E-state index is 0.130. The Morgan fingerprint density at radius 1 is 0.884 bits per heavy atom. The molecule has 3 aromatic carbocycles. The molecule has 0 aliphatic carbocycles. The number of nitro benzene ring substituents is 1. The number of nitro groups is 1. The van der Waals surface area contributed by atoms with Crippen molar-refractivity contribution < 1.29 is 24.0 Å². The minimum atomic E-state index is -0.892. The van der Waals surface area contributed by atoms with Crippen molar-refractivity contribution in [3.05, 3.63) is 134 Å². The zero-order chi connectivity index (χ0) is 30.9. The van der Waals surface area contributed by atoms with Gasteiger partial charge >= 0.3 is 11.9 Å². The average Bonchev–Trinajstić information content (AvgIpc) is 3.01. The van der Waals surface area contributed by atoms with Gasteiger partial charge in [0.1, 0.15) is 6.61 Å². The van der Waals surface area contributed by atoms with Crippen molar-refractivity contribution in [3.8, 4) is 0 Å². The van der Waals surface area contributed by atoms with E-state index < -0.39 is 22.8 Å². The van der Waals surface area contributed by atoms with Crippen molar-refractivity contribution in [2.45, 2.75) is 32.1 Å². The van der Waals surface area contributed by atoms with Gasteiger partial charge in [-0.1, -0.05) is 72.8 Å². The standard InChI is InChI=1S/C34H37N3O6/c1-23-30(33(38)42-4)32(27-16-11-17-28(22-27)37(40)41)31(24(2)35-23)34(39)43-21-20-36(3)19-18-29(25-12-7-5-8-13-25)26-14-9-6-10-15-26/h5-17,22,29,32,35H,18-21H2,1-4H3. The fourth-order valence-electron chi connectivity index (χ4n) is 5.53. The van der Waals surface area contributed by atoms with Gasteiger partial charge in [0.2, 0.25) is 0 Å². The number of esters is 2. The van der Waals surface area contributed by atoms with E-state index in [1.165, 1.54) is 36.4 Å². The molecule has 1 atom stereocenters. The molecule has 0 saturated heterocycles. The summed E-state index contributed by atoms with van der Waals surface area (Å²) in [5, 5.41) is 14.6. The Morgan fingerprint density at radius 3 is 2.02 bits per heavy atom. The number of methoxy groups -OCH3 is 1. The number of hydrogen-bond acceptors (Lipinski definition) is 8. The predicted molar refractivity (Wildman–Crippen MR) is 164 cm³/mol. The molecule has 0 saturated carbocycles. The number of non-ortho nitro benzene ring substituents is 1. The van der Waals surface area contributed by atoms with Crippen LogP contribution in [0.5, 0.6) is 0 Å². The van der Waals surface area contributed by atoms with Crippen LogP contribution in [0.1, 0.15) is 48.8 Å². The molecule has 1 N–H and O–H groups in total. The van der Waals surface area contributed by atoms with Gasteiger partial charge in [-0.15, -0.1) is 0 Å². The number of allylic oxidation sites excluding steroid dienone is 2. The Labute approximate surface area is 252 Å². The zero-order valence-corrected chi connectivity index (χ0v) is 24.9. The number of carbonyl (C=O) groups is 2. The molecule has 3 aromatic rings. The maximum atomic E-state index is 13.5. The van der Waals surface area contributed by atoms with Crippen LogP contribution >= 0.6 is 0 Å². The Morgan fingerprint density at radius 2 is 1.47 bits per heavy atom. The molecule has 0 bridgehead atoms. The number of ether oxygens (including phenoxy) is 2. The maximum absolute atomic E-state index is 13.5. The van der Waals surface area contributed by atoms with Crippen LogP contribution in [0.2, 0.25) is 0 Å². The summed E-state index contributed by atoms with van der Waals surface area (Å²) in [4.78, 5) is 39.5. The lowest BCUT2D eigenvalue weighted by atomic mass is 9.80. The molecule has 1 unspecified atom stereocenters. The number of likely N-dealkylation sites (N-methyl/N-ethyl adjacent to an activating group) is 1. The van der Waals surface area contributed by atoms with E-state index in [1.54, 1.807) is 19.9 Å². The number of rotatable bonds is 12. The van der Waals surface area contributed by atoms with E-state index in [9.17, 15) is 19.7 Å². The lowest BCUT2D eigenvalue weighted by Crippen LogP contribution is -2.33. The maximum Gasteiger partial charge on any atom is 0.336 e. The lowest BCUT2D eigenvalue weighted by molar-refractivity contribution is -0.384. The van der Waals surface area contributed by atoms with Gasteiger partial charge in [-0.05, 0) is 50.6 Å². The highest BCUT2D eigenvalue weighted by atomic mass is 16.6. The van der Waals surface area contributed by atoms with Gasteiger partial charge in [-0.2, -0.15) is 0 Å². The van der Waals surface area contributed by atoms with Crippen molar-refractivity contribution in [3.63, 3.8) is 0 Å². The van der Waals surface area contributed by atoms with Crippen molar-refractivity contribution in [1.82, 2.24) is 10.2 Å². The SMILES string of the molecule is COC(=O)C1=C(C)NC(C)=C(C(=O)OCCN(C)CCC(c2ccccc2)c2ccccc2)C1c1cccc([N+](=O)[O-])c1. The number of nitrogens with one attached hydrogen (secondary N) is 1. The molecule has 0 spiro atoms. The number of benzene rings is 3. The number of nitrogens with zero attached hydrogens (tertiary/aromatic N) is 2. The molecule has 0 aromatic heterocycles. The molecular formula is C34H37N3O6. The molecular weight excluding hydrogens is 546 g/mol. The third-order valence-electron chi connectivity index (χ3n) is 7.71. The first-order chi connectivity index (χ1) is 20.7. The summed E-state index contributed by atoms with van der Waals surface area (Å²) in [6.45, 7) is 4.83. The summed E-state index contributed by atoms with van der Waals surface area (Å²) in [7, 11) is 3.24. The summed E-state index contributed by atoms with van der Waals surface area (Å²) in [6, 6.07) is 26.7. The molecule has 0 fully saturated rings. The fourth-order valence-corrected chi connectivity index (χ4v) is 5.53. The second-order valence-corrected chi connectivity index (χ2v) is 10.6. The van der Waals surface area contributed by atoms with Gasteiger partial charge in [-0.3, -0.25) is 10.1 Å². The van der Waals surface area contributed by atoms with Crippen molar-refractivity contribution in [1.29, 1.82) is 0 Å².